The average Bonchev–Trinajstić information content (AvgIpc) is 2.56. The van der Waals surface area contributed by atoms with E-state index in [0.29, 0.717) is 11.3 Å². The molecule has 0 fully saturated rings. The van der Waals surface area contributed by atoms with Gasteiger partial charge >= 0.3 is 5.97 Å². The number of hydrogen-bond acceptors (Lipinski definition) is 3. The maximum atomic E-state index is 13.1. The largest absolute Gasteiger partial charge is 0.481 e. The second-order valence-electron chi connectivity index (χ2n) is 5.78. The van der Waals surface area contributed by atoms with Crippen molar-refractivity contribution in [2.75, 3.05) is 0 Å². The molecule has 2 N–H and O–H groups in total. The van der Waals surface area contributed by atoms with Crippen LogP contribution < -0.4 is 10.1 Å². The van der Waals surface area contributed by atoms with Crippen LogP contribution in [-0.4, -0.2) is 23.1 Å². The van der Waals surface area contributed by atoms with E-state index in [-0.39, 0.29) is 6.42 Å². The number of halogens is 1. The Hall–Kier alpha value is -2.89. The topological polar surface area (TPSA) is 75.6 Å². The number of rotatable bonds is 7. The first-order valence-electron chi connectivity index (χ1n) is 7.86. The van der Waals surface area contributed by atoms with Crippen LogP contribution in [0.4, 0.5) is 4.39 Å². The van der Waals surface area contributed by atoms with Crippen LogP contribution >= 0.6 is 0 Å². The van der Waals surface area contributed by atoms with Crippen LogP contribution in [0.15, 0.2) is 48.5 Å². The molecule has 0 aliphatic carbocycles. The Kier molecular flexibility index (Phi) is 6.11. The van der Waals surface area contributed by atoms with Crippen molar-refractivity contribution in [1.29, 1.82) is 0 Å². The molecule has 1 amide bonds. The van der Waals surface area contributed by atoms with Crippen molar-refractivity contribution >= 4 is 11.9 Å². The second kappa shape index (κ2) is 8.28. The Morgan fingerprint density at radius 2 is 1.72 bits per heavy atom. The standard InChI is InChI=1S/C19H20FNO4/c1-12-3-9-16(10-4-12)25-13(2)19(24)21-17(11-18(22)23)14-5-7-15(20)8-6-14/h3-10,13,17H,11H2,1-2H3,(H,21,24)(H,22,23). The van der Waals surface area contributed by atoms with Crippen LogP contribution in [0.5, 0.6) is 5.75 Å². The molecule has 0 bridgehead atoms. The summed E-state index contributed by atoms with van der Waals surface area (Å²) < 4.78 is 18.6. The smallest absolute Gasteiger partial charge is 0.305 e. The summed E-state index contributed by atoms with van der Waals surface area (Å²) in [6.07, 6.45) is -1.12. The van der Waals surface area contributed by atoms with E-state index >= 15 is 0 Å². The Labute approximate surface area is 145 Å². The van der Waals surface area contributed by atoms with Crippen LogP contribution in [0.1, 0.15) is 30.5 Å². The highest BCUT2D eigenvalue weighted by Crippen LogP contribution is 2.19. The van der Waals surface area contributed by atoms with Gasteiger partial charge < -0.3 is 15.2 Å². The molecule has 0 heterocycles. The van der Waals surface area contributed by atoms with Gasteiger partial charge in [-0.25, -0.2) is 4.39 Å². The van der Waals surface area contributed by atoms with Crippen LogP contribution in [0.2, 0.25) is 0 Å². The number of aliphatic carboxylic acids is 1. The lowest BCUT2D eigenvalue weighted by atomic mass is 10.0. The maximum Gasteiger partial charge on any atom is 0.305 e. The summed E-state index contributed by atoms with van der Waals surface area (Å²) in [4.78, 5) is 23.4. The number of aryl methyl sites for hydroxylation is 1. The second-order valence-corrected chi connectivity index (χ2v) is 5.78. The molecule has 2 aromatic carbocycles. The molecule has 0 radical (unpaired) electrons. The SMILES string of the molecule is Cc1ccc(OC(C)C(=O)NC(CC(=O)O)c2ccc(F)cc2)cc1. The average molecular weight is 345 g/mol. The van der Waals surface area contributed by atoms with E-state index in [1.54, 1.807) is 19.1 Å². The van der Waals surface area contributed by atoms with Gasteiger partial charge in [-0.05, 0) is 43.7 Å². The zero-order valence-corrected chi connectivity index (χ0v) is 14.0. The molecule has 132 valence electrons. The zero-order chi connectivity index (χ0) is 18.4. The van der Waals surface area contributed by atoms with E-state index in [9.17, 15) is 14.0 Å². The summed E-state index contributed by atoms with van der Waals surface area (Å²) in [5.41, 5.74) is 1.59. The van der Waals surface area contributed by atoms with Crippen LogP contribution in [0, 0.1) is 12.7 Å². The summed E-state index contributed by atoms with van der Waals surface area (Å²) in [5.74, 6) is -1.40. The maximum absolute atomic E-state index is 13.1. The zero-order valence-electron chi connectivity index (χ0n) is 14.0. The van der Waals surface area contributed by atoms with E-state index in [0.717, 1.165) is 5.56 Å². The van der Waals surface area contributed by atoms with Crippen molar-refractivity contribution in [1.82, 2.24) is 5.32 Å². The highest BCUT2D eigenvalue weighted by molar-refractivity contribution is 5.82. The molecule has 5 nitrogen and oxygen atoms in total. The Morgan fingerprint density at radius 3 is 2.28 bits per heavy atom. The van der Waals surface area contributed by atoms with Gasteiger partial charge in [0.2, 0.25) is 0 Å². The summed E-state index contributed by atoms with van der Waals surface area (Å²) >= 11 is 0. The Balaban J connectivity index is 2.06. The number of ether oxygens (including phenoxy) is 1. The molecule has 0 spiro atoms. The van der Waals surface area contributed by atoms with Gasteiger partial charge in [0.1, 0.15) is 11.6 Å². The molecule has 0 aromatic heterocycles. The van der Waals surface area contributed by atoms with Gasteiger partial charge in [0.15, 0.2) is 6.10 Å². The number of nitrogens with one attached hydrogen (secondary N) is 1. The summed E-state index contributed by atoms with van der Waals surface area (Å²) in [6.45, 7) is 3.52. The molecule has 2 unspecified atom stereocenters. The molecule has 0 saturated carbocycles. The fourth-order valence-electron chi connectivity index (χ4n) is 2.29. The van der Waals surface area contributed by atoms with Gasteiger partial charge in [0, 0.05) is 0 Å². The minimum absolute atomic E-state index is 0.311. The van der Waals surface area contributed by atoms with E-state index < -0.39 is 29.8 Å². The molecular weight excluding hydrogens is 325 g/mol. The van der Waals surface area contributed by atoms with Crippen molar-refractivity contribution in [2.24, 2.45) is 0 Å². The number of benzene rings is 2. The van der Waals surface area contributed by atoms with E-state index in [1.165, 1.54) is 24.3 Å². The van der Waals surface area contributed by atoms with Crippen molar-refractivity contribution in [2.45, 2.75) is 32.4 Å². The first kappa shape index (κ1) is 18.4. The predicted molar refractivity (Wildman–Crippen MR) is 90.8 cm³/mol. The highest BCUT2D eigenvalue weighted by Gasteiger charge is 2.22. The molecule has 2 rings (SSSR count). The van der Waals surface area contributed by atoms with Crippen LogP contribution in [-0.2, 0) is 9.59 Å². The van der Waals surface area contributed by atoms with E-state index in [2.05, 4.69) is 5.32 Å². The summed E-state index contributed by atoms with van der Waals surface area (Å²) in [5, 5.41) is 11.7. The minimum Gasteiger partial charge on any atom is -0.481 e. The first-order valence-corrected chi connectivity index (χ1v) is 7.86. The van der Waals surface area contributed by atoms with Gasteiger partial charge in [-0.15, -0.1) is 0 Å². The fourth-order valence-corrected chi connectivity index (χ4v) is 2.29. The van der Waals surface area contributed by atoms with Gasteiger partial charge in [0.25, 0.3) is 5.91 Å². The number of carbonyl (C=O) groups is 2. The van der Waals surface area contributed by atoms with E-state index in [1.807, 2.05) is 19.1 Å². The van der Waals surface area contributed by atoms with Gasteiger partial charge in [-0.1, -0.05) is 29.8 Å². The van der Waals surface area contributed by atoms with Crippen molar-refractivity contribution < 1.29 is 23.8 Å². The molecule has 25 heavy (non-hydrogen) atoms. The van der Waals surface area contributed by atoms with Crippen LogP contribution in [0.3, 0.4) is 0 Å². The van der Waals surface area contributed by atoms with E-state index in [4.69, 9.17) is 9.84 Å². The lowest BCUT2D eigenvalue weighted by Crippen LogP contribution is -2.39. The Morgan fingerprint density at radius 1 is 1.12 bits per heavy atom. The predicted octanol–water partition coefficient (Wildman–Crippen LogP) is 3.23. The van der Waals surface area contributed by atoms with Crippen molar-refractivity contribution in [3.05, 3.63) is 65.5 Å². The number of hydrogen-bond donors (Lipinski definition) is 2. The van der Waals surface area contributed by atoms with Gasteiger partial charge in [-0.3, -0.25) is 9.59 Å². The molecule has 0 saturated heterocycles. The Bertz CT molecular complexity index is 728. The molecule has 2 atom stereocenters. The van der Waals surface area contributed by atoms with Gasteiger partial charge in [0.05, 0.1) is 12.5 Å². The lowest BCUT2D eigenvalue weighted by molar-refractivity contribution is -0.138. The lowest BCUT2D eigenvalue weighted by Gasteiger charge is -2.21. The molecule has 6 heteroatoms. The summed E-state index contributed by atoms with van der Waals surface area (Å²) in [6, 6.07) is 11.8. The third-order valence-corrected chi connectivity index (χ3v) is 3.67. The quantitative estimate of drug-likeness (QED) is 0.808. The third kappa shape index (κ3) is 5.60. The molecule has 2 aromatic rings. The van der Waals surface area contributed by atoms with Gasteiger partial charge in [-0.2, -0.15) is 0 Å². The number of carboxylic acid groups (broad SMARTS) is 1. The molecular formula is C19H20FNO4. The van der Waals surface area contributed by atoms with Crippen molar-refractivity contribution in [3.63, 3.8) is 0 Å². The van der Waals surface area contributed by atoms with Crippen molar-refractivity contribution in [3.8, 4) is 5.75 Å². The number of carboxylic acids is 1. The third-order valence-electron chi connectivity index (χ3n) is 3.67. The van der Waals surface area contributed by atoms with Crippen LogP contribution in [0.25, 0.3) is 0 Å². The number of amides is 1. The minimum atomic E-state index is -1.07. The highest BCUT2D eigenvalue weighted by atomic mass is 19.1. The first-order chi connectivity index (χ1) is 11.8. The number of carbonyl (C=O) groups excluding carboxylic acids is 1. The molecule has 0 aliphatic rings. The normalized spacial score (nSPS) is 12.9. The molecule has 0 aliphatic heterocycles. The fraction of sp³-hybridized carbons (Fsp3) is 0.263. The monoisotopic (exact) mass is 345 g/mol. The summed E-state index contributed by atoms with van der Waals surface area (Å²) in [7, 11) is 0.